The van der Waals surface area contributed by atoms with Crippen LogP contribution in [0.5, 0.6) is 0 Å². The number of ether oxygens (including phenoxy) is 1. The molecule has 1 aromatic carbocycles. The van der Waals surface area contributed by atoms with Gasteiger partial charge in [0.2, 0.25) is 0 Å². The molecule has 0 aliphatic carbocycles. The van der Waals surface area contributed by atoms with Gasteiger partial charge in [0.1, 0.15) is 11.9 Å². The lowest BCUT2D eigenvalue weighted by Crippen LogP contribution is -2.35. The van der Waals surface area contributed by atoms with Crippen LogP contribution in [-0.2, 0) is 4.74 Å². The van der Waals surface area contributed by atoms with Gasteiger partial charge in [-0.3, -0.25) is 4.79 Å². The molecule has 0 unspecified atom stereocenters. The van der Waals surface area contributed by atoms with Gasteiger partial charge in [0, 0.05) is 24.6 Å². The number of carbonyl (C=O) groups excluding carboxylic acids is 2. The highest BCUT2D eigenvalue weighted by molar-refractivity contribution is 5.74. The molecule has 0 saturated carbocycles. The lowest BCUT2D eigenvalue weighted by atomic mass is 9.89. The van der Waals surface area contributed by atoms with Crippen molar-refractivity contribution in [2.24, 2.45) is 5.92 Å². The lowest BCUT2D eigenvalue weighted by Gasteiger charge is -2.24. The Morgan fingerprint density at radius 1 is 1.32 bits per heavy atom. The maximum atomic E-state index is 12.1. The van der Waals surface area contributed by atoms with Gasteiger partial charge in [-0.2, -0.15) is 5.26 Å². The van der Waals surface area contributed by atoms with Crippen LogP contribution in [0.25, 0.3) is 0 Å². The number of aldehydes is 1. The van der Waals surface area contributed by atoms with E-state index in [0.717, 1.165) is 11.8 Å². The second-order valence-electron chi connectivity index (χ2n) is 6.51. The monoisotopic (exact) mass is 300 g/mol. The number of nitrogens with zero attached hydrogens (tertiary/aromatic N) is 2. The number of rotatable bonds is 2. The molecule has 2 rings (SSSR count). The van der Waals surface area contributed by atoms with E-state index in [1.54, 1.807) is 17.0 Å². The molecular formula is C17H20N2O3. The Kier molecular flexibility index (Phi) is 4.51. The Balaban J connectivity index is 2.14. The minimum atomic E-state index is -0.553. The van der Waals surface area contributed by atoms with Crippen LogP contribution in [0.4, 0.5) is 4.79 Å². The number of amides is 1. The molecule has 0 aromatic heterocycles. The Hall–Kier alpha value is -2.35. The van der Waals surface area contributed by atoms with E-state index in [-0.39, 0.29) is 17.9 Å². The summed E-state index contributed by atoms with van der Waals surface area (Å²) in [6, 6.07) is 9.42. The average Bonchev–Trinajstić information content (AvgIpc) is 2.90. The van der Waals surface area contributed by atoms with Crippen LogP contribution in [0.3, 0.4) is 0 Å². The van der Waals surface area contributed by atoms with Gasteiger partial charge in [0.25, 0.3) is 0 Å². The van der Waals surface area contributed by atoms with Crippen LogP contribution in [0.1, 0.15) is 42.6 Å². The van der Waals surface area contributed by atoms with Gasteiger partial charge in [-0.1, -0.05) is 24.3 Å². The highest BCUT2D eigenvalue weighted by Gasteiger charge is 2.38. The van der Waals surface area contributed by atoms with E-state index in [4.69, 9.17) is 4.74 Å². The average molecular weight is 300 g/mol. The van der Waals surface area contributed by atoms with Crippen LogP contribution in [0, 0.1) is 17.2 Å². The van der Waals surface area contributed by atoms with Crippen molar-refractivity contribution in [2.45, 2.75) is 32.3 Å². The molecule has 1 aromatic rings. The first-order valence-corrected chi connectivity index (χ1v) is 7.26. The predicted molar refractivity (Wildman–Crippen MR) is 81.5 cm³/mol. The summed E-state index contributed by atoms with van der Waals surface area (Å²) in [5.41, 5.74) is 1.01. The van der Waals surface area contributed by atoms with Gasteiger partial charge < -0.3 is 9.64 Å². The SMILES string of the molecule is CC(C)(C)OC(=O)N1C[C@@H](C#N)[C@H](c2ccc(C=O)cc2)C1. The Morgan fingerprint density at radius 3 is 2.45 bits per heavy atom. The quantitative estimate of drug-likeness (QED) is 0.787. The minimum Gasteiger partial charge on any atom is -0.444 e. The summed E-state index contributed by atoms with van der Waals surface area (Å²) >= 11 is 0. The van der Waals surface area contributed by atoms with E-state index in [1.807, 2.05) is 32.9 Å². The highest BCUT2D eigenvalue weighted by atomic mass is 16.6. The lowest BCUT2D eigenvalue weighted by molar-refractivity contribution is 0.0289. The van der Waals surface area contributed by atoms with Crippen molar-refractivity contribution >= 4 is 12.4 Å². The Bertz CT molecular complexity index is 596. The smallest absolute Gasteiger partial charge is 0.410 e. The molecule has 22 heavy (non-hydrogen) atoms. The van der Waals surface area contributed by atoms with Crippen LogP contribution < -0.4 is 0 Å². The fourth-order valence-electron chi connectivity index (χ4n) is 2.57. The van der Waals surface area contributed by atoms with Gasteiger partial charge in [-0.05, 0) is 26.3 Å². The molecule has 0 N–H and O–H groups in total. The molecule has 2 atom stereocenters. The Morgan fingerprint density at radius 2 is 1.95 bits per heavy atom. The summed E-state index contributed by atoms with van der Waals surface area (Å²) in [5.74, 6) is -0.326. The second kappa shape index (κ2) is 6.18. The van der Waals surface area contributed by atoms with Crippen LogP contribution in [-0.4, -0.2) is 36.0 Å². The molecule has 1 aliphatic rings. The molecule has 0 bridgehead atoms. The van der Waals surface area contributed by atoms with Crippen molar-refractivity contribution in [3.05, 3.63) is 35.4 Å². The first kappa shape index (κ1) is 16.0. The standard InChI is InChI=1S/C17H20N2O3/c1-17(2,3)22-16(21)19-9-14(8-18)15(10-19)13-6-4-12(11-20)5-7-13/h4-7,11,14-15H,9-10H2,1-3H3/t14-,15+/m1/s1. The zero-order valence-electron chi connectivity index (χ0n) is 13.1. The van der Waals surface area contributed by atoms with E-state index in [0.29, 0.717) is 18.7 Å². The molecule has 1 fully saturated rings. The number of nitriles is 1. The summed E-state index contributed by atoms with van der Waals surface area (Å²) in [5, 5.41) is 9.35. The normalized spacial score (nSPS) is 21.3. The summed E-state index contributed by atoms with van der Waals surface area (Å²) in [6.07, 6.45) is 0.396. The third-order valence-electron chi connectivity index (χ3n) is 3.64. The molecule has 116 valence electrons. The van der Waals surface area contributed by atoms with E-state index >= 15 is 0 Å². The molecule has 5 nitrogen and oxygen atoms in total. The van der Waals surface area contributed by atoms with Gasteiger partial charge in [-0.25, -0.2) is 4.79 Å². The van der Waals surface area contributed by atoms with Crippen molar-refractivity contribution in [1.29, 1.82) is 5.26 Å². The van der Waals surface area contributed by atoms with E-state index in [1.165, 1.54) is 0 Å². The molecular weight excluding hydrogens is 280 g/mol. The number of benzene rings is 1. The summed E-state index contributed by atoms with van der Waals surface area (Å²) < 4.78 is 5.37. The number of hydrogen-bond donors (Lipinski definition) is 0. The maximum absolute atomic E-state index is 12.1. The van der Waals surface area contributed by atoms with Crippen molar-refractivity contribution in [3.8, 4) is 6.07 Å². The molecule has 1 heterocycles. The first-order chi connectivity index (χ1) is 10.3. The molecule has 1 amide bonds. The van der Waals surface area contributed by atoms with Crippen LogP contribution in [0.15, 0.2) is 24.3 Å². The topological polar surface area (TPSA) is 70.4 Å². The van der Waals surface area contributed by atoms with Gasteiger partial charge in [-0.15, -0.1) is 0 Å². The second-order valence-corrected chi connectivity index (χ2v) is 6.51. The van der Waals surface area contributed by atoms with Crippen LogP contribution >= 0.6 is 0 Å². The minimum absolute atomic E-state index is 0.0572. The third-order valence-corrected chi connectivity index (χ3v) is 3.64. The van der Waals surface area contributed by atoms with Crippen molar-refractivity contribution < 1.29 is 14.3 Å². The maximum Gasteiger partial charge on any atom is 0.410 e. The van der Waals surface area contributed by atoms with E-state index in [2.05, 4.69) is 6.07 Å². The molecule has 1 aliphatic heterocycles. The van der Waals surface area contributed by atoms with Crippen molar-refractivity contribution in [2.75, 3.05) is 13.1 Å². The molecule has 1 saturated heterocycles. The zero-order valence-corrected chi connectivity index (χ0v) is 13.1. The van der Waals surface area contributed by atoms with E-state index < -0.39 is 5.60 Å². The summed E-state index contributed by atoms with van der Waals surface area (Å²) in [4.78, 5) is 24.4. The van der Waals surface area contributed by atoms with Crippen LogP contribution in [0.2, 0.25) is 0 Å². The first-order valence-electron chi connectivity index (χ1n) is 7.26. The number of carbonyl (C=O) groups is 2. The van der Waals surface area contributed by atoms with Crippen molar-refractivity contribution in [1.82, 2.24) is 4.90 Å². The van der Waals surface area contributed by atoms with Crippen molar-refractivity contribution in [3.63, 3.8) is 0 Å². The highest BCUT2D eigenvalue weighted by Crippen LogP contribution is 2.33. The van der Waals surface area contributed by atoms with Gasteiger partial charge >= 0.3 is 6.09 Å². The fourth-order valence-corrected chi connectivity index (χ4v) is 2.57. The largest absolute Gasteiger partial charge is 0.444 e. The summed E-state index contributed by atoms with van der Waals surface area (Å²) in [6.45, 7) is 6.27. The third kappa shape index (κ3) is 3.64. The number of likely N-dealkylation sites (tertiary alicyclic amines) is 1. The fraction of sp³-hybridized carbons (Fsp3) is 0.471. The number of hydrogen-bond acceptors (Lipinski definition) is 4. The Labute approximate surface area is 130 Å². The summed E-state index contributed by atoms with van der Waals surface area (Å²) in [7, 11) is 0. The molecule has 5 heteroatoms. The van der Waals surface area contributed by atoms with E-state index in [9.17, 15) is 14.9 Å². The van der Waals surface area contributed by atoms with Gasteiger partial charge in [0.05, 0.1) is 12.0 Å². The predicted octanol–water partition coefficient (Wildman–Crippen LogP) is 2.97. The van der Waals surface area contributed by atoms with Gasteiger partial charge in [0.15, 0.2) is 0 Å². The molecule has 0 spiro atoms. The zero-order chi connectivity index (χ0) is 16.3. The molecule has 0 radical (unpaired) electrons.